The van der Waals surface area contributed by atoms with E-state index < -0.39 is 73.5 Å². The summed E-state index contributed by atoms with van der Waals surface area (Å²) < 4.78 is 63.6. The summed E-state index contributed by atoms with van der Waals surface area (Å²) in [5, 5.41) is 21.0. The standard InChI is InChI=1S/C24H18F4N4O6/c1-24(2,7-9-30-8-3-4-15(21(30)33)32(36)37)22-29-19-16(31(22)23(34)35)11-14(27)18(28)20(19)38-17-6-5-12(25)10-13(17)26/h3-6,8,10-11H,7,9H2,1-2H3,(H,34,35). The summed E-state index contributed by atoms with van der Waals surface area (Å²) in [5.41, 5.74) is -3.58. The van der Waals surface area contributed by atoms with Gasteiger partial charge in [0.25, 0.3) is 0 Å². The van der Waals surface area contributed by atoms with E-state index >= 15 is 0 Å². The molecule has 4 rings (SSSR count). The maximum absolute atomic E-state index is 14.8. The van der Waals surface area contributed by atoms with Crippen molar-refractivity contribution in [2.45, 2.75) is 32.2 Å². The number of aryl methyl sites for hydroxylation is 1. The Labute approximate surface area is 210 Å². The molecule has 1 N–H and O–H groups in total. The number of carboxylic acid groups (broad SMARTS) is 1. The van der Waals surface area contributed by atoms with Crippen LogP contribution in [0.15, 0.2) is 47.4 Å². The monoisotopic (exact) mass is 534 g/mol. The van der Waals surface area contributed by atoms with Crippen LogP contribution in [0.5, 0.6) is 11.5 Å². The predicted octanol–water partition coefficient (Wildman–Crippen LogP) is 5.35. The van der Waals surface area contributed by atoms with E-state index in [4.69, 9.17) is 4.74 Å². The molecular formula is C24H18F4N4O6. The Morgan fingerprint density at radius 3 is 2.50 bits per heavy atom. The fourth-order valence-electron chi connectivity index (χ4n) is 3.89. The number of halogens is 4. The van der Waals surface area contributed by atoms with Crippen LogP contribution in [0, 0.1) is 33.4 Å². The SMILES string of the molecule is CC(C)(CCn1cccc([N+](=O)[O-])c1=O)c1nc2c(Oc3ccc(F)cc3F)c(F)c(F)cc2n1C(=O)O. The zero-order valence-corrected chi connectivity index (χ0v) is 19.7. The second-order valence-corrected chi connectivity index (χ2v) is 8.88. The van der Waals surface area contributed by atoms with Gasteiger partial charge in [-0.2, -0.15) is 4.39 Å². The highest BCUT2D eigenvalue weighted by Gasteiger charge is 2.33. The number of hydrogen-bond acceptors (Lipinski definition) is 6. The average Bonchev–Trinajstić information content (AvgIpc) is 3.22. The number of imidazole rings is 1. The number of ether oxygens (including phenoxy) is 1. The molecule has 0 aliphatic carbocycles. The molecular weight excluding hydrogens is 516 g/mol. The molecule has 0 aliphatic rings. The number of hydrogen-bond donors (Lipinski definition) is 1. The summed E-state index contributed by atoms with van der Waals surface area (Å²) >= 11 is 0. The Balaban J connectivity index is 1.82. The van der Waals surface area contributed by atoms with Crippen molar-refractivity contribution in [2.75, 3.05) is 0 Å². The minimum absolute atomic E-state index is 0.0123. The van der Waals surface area contributed by atoms with Gasteiger partial charge in [0.2, 0.25) is 5.82 Å². The van der Waals surface area contributed by atoms with E-state index in [0.717, 1.165) is 22.8 Å². The smallest absolute Gasteiger partial charge is 0.417 e. The van der Waals surface area contributed by atoms with E-state index in [0.29, 0.717) is 16.7 Å². The maximum Gasteiger partial charge on any atom is 0.417 e. The van der Waals surface area contributed by atoms with E-state index in [-0.39, 0.29) is 18.8 Å². The van der Waals surface area contributed by atoms with E-state index in [1.165, 1.54) is 12.3 Å². The molecule has 0 unspecified atom stereocenters. The summed E-state index contributed by atoms with van der Waals surface area (Å²) in [6.07, 6.45) is -0.272. The Morgan fingerprint density at radius 1 is 1.16 bits per heavy atom. The Hall–Kier alpha value is -4.75. The number of carbonyl (C=O) groups is 1. The normalized spacial score (nSPS) is 11.6. The van der Waals surface area contributed by atoms with Gasteiger partial charge in [-0.1, -0.05) is 13.8 Å². The number of fused-ring (bicyclic) bond motifs is 1. The molecule has 0 saturated carbocycles. The quantitative estimate of drug-likeness (QED) is 0.192. The lowest BCUT2D eigenvalue weighted by Gasteiger charge is -2.24. The van der Waals surface area contributed by atoms with E-state index in [1.807, 2.05) is 0 Å². The molecule has 10 nitrogen and oxygen atoms in total. The van der Waals surface area contributed by atoms with Crippen LogP contribution in [-0.2, 0) is 12.0 Å². The third-order valence-electron chi connectivity index (χ3n) is 5.88. The van der Waals surface area contributed by atoms with Gasteiger partial charge in [0, 0.05) is 36.4 Å². The van der Waals surface area contributed by atoms with Gasteiger partial charge in [-0.25, -0.2) is 27.5 Å². The minimum atomic E-state index is -1.60. The zero-order chi connectivity index (χ0) is 27.9. The fraction of sp³-hybridized carbons (Fsp3) is 0.208. The molecule has 0 bridgehead atoms. The number of nitro groups is 1. The number of nitrogens with zero attached hydrogens (tertiary/aromatic N) is 4. The predicted molar refractivity (Wildman–Crippen MR) is 125 cm³/mol. The van der Waals surface area contributed by atoms with E-state index in [2.05, 4.69) is 4.98 Å². The van der Waals surface area contributed by atoms with Crippen LogP contribution in [0.4, 0.5) is 28.0 Å². The molecule has 0 spiro atoms. The van der Waals surface area contributed by atoms with E-state index in [9.17, 15) is 42.4 Å². The number of pyridine rings is 1. The molecule has 38 heavy (non-hydrogen) atoms. The van der Waals surface area contributed by atoms with Crippen LogP contribution in [0.25, 0.3) is 11.0 Å². The molecule has 2 aromatic heterocycles. The average molecular weight is 534 g/mol. The summed E-state index contributed by atoms with van der Waals surface area (Å²) in [6, 6.07) is 5.07. The highest BCUT2D eigenvalue weighted by Crippen LogP contribution is 2.38. The Morgan fingerprint density at radius 2 is 1.87 bits per heavy atom. The Bertz CT molecular complexity index is 1660. The Kier molecular flexibility index (Phi) is 6.65. The minimum Gasteiger partial charge on any atom is -0.464 e. The van der Waals surface area contributed by atoms with Gasteiger partial charge >= 0.3 is 17.3 Å². The van der Waals surface area contributed by atoms with Gasteiger partial charge in [-0.05, 0) is 24.6 Å². The van der Waals surface area contributed by atoms with Crippen molar-refractivity contribution in [3.8, 4) is 11.5 Å². The number of benzene rings is 2. The lowest BCUT2D eigenvalue weighted by Crippen LogP contribution is -2.30. The van der Waals surface area contributed by atoms with Crippen LogP contribution in [0.1, 0.15) is 26.1 Å². The molecule has 2 aromatic carbocycles. The van der Waals surface area contributed by atoms with Crippen molar-refractivity contribution in [3.63, 3.8) is 0 Å². The molecule has 14 heteroatoms. The van der Waals surface area contributed by atoms with Gasteiger partial charge in [0.15, 0.2) is 23.1 Å². The third-order valence-corrected chi connectivity index (χ3v) is 5.88. The van der Waals surface area contributed by atoms with Gasteiger partial charge in [-0.3, -0.25) is 14.9 Å². The largest absolute Gasteiger partial charge is 0.464 e. The van der Waals surface area contributed by atoms with Crippen LogP contribution in [0.2, 0.25) is 0 Å². The van der Waals surface area contributed by atoms with Crippen molar-refractivity contribution >= 4 is 22.8 Å². The third kappa shape index (κ3) is 4.67. The fourth-order valence-corrected chi connectivity index (χ4v) is 3.89. The first-order valence-corrected chi connectivity index (χ1v) is 10.9. The van der Waals surface area contributed by atoms with Gasteiger partial charge in [0.1, 0.15) is 17.2 Å². The highest BCUT2D eigenvalue weighted by molar-refractivity contribution is 5.91. The van der Waals surface area contributed by atoms with Gasteiger partial charge in [-0.15, -0.1) is 0 Å². The molecule has 0 aliphatic heterocycles. The van der Waals surface area contributed by atoms with Crippen molar-refractivity contribution < 1.29 is 37.1 Å². The maximum atomic E-state index is 14.8. The van der Waals surface area contributed by atoms with Crippen LogP contribution in [0.3, 0.4) is 0 Å². The van der Waals surface area contributed by atoms with E-state index in [1.54, 1.807) is 13.8 Å². The number of aromatic nitrogens is 3. The lowest BCUT2D eigenvalue weighted by atomic mass is 9.88. The summed E-state index contributed by atoms with van der Waals surface area (Å²) in [6.45, 7) is 3.00. The van der Waals surface area contributed by atoms with Crippen molar-refractivity contribution in [1.82, 2.24) is 14.1 Å². The molecule has 0 fully saturated rings. The first-order chi connectivity index (χ1) is 17.8. The molecule has 0 atom stereocenters. The van der Waals surface area contributed by atoms with Gasteiger partial charge in [0.05, 0.1) is 10.4 Å². The second kappa shape index (κ2) is 9.61. The number of rotatable bonds is 7. The molecule has 0 radical (unpaired) electrons. The zero-order valence-electron chi connectivity index (χ0n) is 19.7. The second-order valence-electron chi connectivity index (χ2n) is 8.88. The molecule has 0 amide bonds. The first-order valence-electron chi connectivity index (χ1n) is 10.9. The summed E-state index contributed by atoms with van der Waals surface area (Å²) in [5.74, 6) is -7.03. The summed E-state index contributed by atoms with van der Waals surface area (Å²) in [7, 11) is 0. The van der Waals surface area contributed by atoms with Gasteiger partial charge < -0.3 is 14.4 Å². The summed E-state index contributed by atoms with van der Waals surface area (Å²) in [4.78, 5) is 39.0. The molecule has 4 aromatic rings. The van der Waals surface area contributed by atoms with Crippen LogP contribution in [-0.4, -0.2) is 30.2 Å². The van der Waals surface area contributed by atoms with Crippen molar-refractivity contribution in [3.05, 3.63) is 92.2 Å². The lowest BCUT2D eigenvalue weighted by molar-refractivity contribution is -0.386. The molecule has 198 valence electrons. The van der Waals surface area contributed by atoms with Crippen molar-refractivity contribution in [2.24, 2.45) is 0 Å². The highest BCUT2D eigenvalue weighted by atomic mass is 19.2. The molecule has 0 saturated heterocycles. The van der Waals surface area contributed by atoms with Crippen LogP contribution >= 0.6 is 0 Å². The first kappa shape index (κ1) is 26.3. The molecule has 2 heterocycles. The van der Waals surface area contributed by atoms with Crippen molar-refractivity contribution in [1.29, 1.82) is 0 Å². The topological polar surface area (TPSA) is 129 Å². The van der Waals surface area contributed by atoms with Crippen LogP contribution < -0.4 is 10.3 Å².